The zero-order chi connectivity index (χ0) is 20.1. The van der Waals surface area contributed by atoms with Gasteiger partial charge in [-0.1, -0.05) is 68.9 Å². The van der Waals surface area contributed by atoms with Crippen LogP contribution in [0.3, 0.4) is 0 Å². The summed E-state index contributed by atoms with van der Waals surface area (Å²) in [4.78, 5) is 0. The first kappa shape index (κ1) is 19.3. The highest BCUT2D eigenvalue weighted by molar-refractivity contribution is 9.10. The van der Waals surface area contributed by atoms with Crippen LogP contribution in [0.5, 0.6) is 5.75 Å². The summed E-state index contributed by atoms with van der Waals surface area (Å²) in [5, 5.41) is 8.77. The van der Waals surface area contributed by atoms with Crippen molar-refractivity contribution >= 4 is 56.4 Å². The lowest BCUT2D eigenvalue weighted by Gasteiger charge is -2.38. The van der Waals surface area contributed by atoms with Crippen LogP contribution in [0.25, 0.3) is 0 Å². The number of hydrogen-bond acceptors (Lipinski definition) is 3. The van der Waals surface area contributed by atoms with E-state index in [1.54, 1.807) is 6.07 Å². The topological polar surface area (TPSA) is 24.8 Å². The van der Waals surface area contributed by atoms with Gasteiger partial charge in [-0.3, -0.25) is 0 Å². The minimum atomic E-state index is -0.441. The summed E-state index contributed by atoms with van der Waals surface area (Å²) in [6.45, 7) is 0. The molecule has 0 saturated carbocycles. The second-order valence-electron chi connectivity index (χ2n) is 6.97. The van der Waals surface area contributed by atoms with Crippen LogP contribution in [0, 0.1) is 0 Å². The van der Waals surface area contributed by atoms with Crippen molar-refractivity contribution in [1.82, 2.24) is 5.01 Å². The van der Waals surface area contributed by atoms with Gasteiger partial charge in [-0.25, -0.2) is 5.01 Å². The molecule has 0 aromatic heterocycles. The molecule has 7 heteroatoms. The second-order valence-corrected chi connectivity index (χ2v) is 9.17. The molecule has 2 aliphatic heterocycles. The minimum Gasteiger partial charge on any atom is -0.464 e. The lowest BCUT2D eigenvalue weighted by Crippen LogP contribution is -2.33. The molecule has 0 fully saturated rings. The molecule has 0 aliphatic carbocycles. The molecule has 2 atom stereocenters. The molecule has 0 bridgehead atoms. The van der Waals surface area contributed by atoms with Gasteiger partial charge < -0.3 is 4.74 Å². The summed E-state index contributed by atoms with van der Waals surface area (Å²) in [6, 6.07) is 19.3. The van der Waals surface area contributed by atoms with Crippen LogP contribution in [0.2, 0.25) is 15.1 Å². The number of hydrogen-bond donors (Lipinski definition) is 0. The Balaban J connectivity index is 1.62. The van der Waals surface area contributed by atoms with Gasteiger partial charge in [0, 0.05) is 32.1 Å². The van der Waals surface area contributed by atoms with Gasteiger partial charge in [0.05, 0.1) is 16.8 Å². The lowest BCUT2D eigenvalue weighted by molar-refractivity contribution is -0.0190. The highest BCUT2D eigenvalue weighted by atomic mass is 79.9. The van der Waals surface area contributed by atoms with Crippen molar-refractivity contribution in [3.8, 4) is 5.75 Å². The molecule has 0 amide bonds. The van der Waals surface area contributed by atoms with E-state index >= 15 is 0 Å². The smallest absolute Gasteiger partial charge is 0.215 e. The van der Waals surface area contributed by atoms with Crippen molar-refractivity contribution in [2.45, 2.75) is 18.7 Å². The molecule has 3 aromatic carbocycles. The molecular formula is C22H14BrCl3N2O. The molecule has 0 radical (unpaired) electrons. The van der Waals surface area contributed by atoms with Crippen LogP contribution < -0.4 is 4.74 Å². The minimum absolute atomic E-state index is 0.0404. The van der Waals surface area contributed by atoms with Crippen molar-refractivity contribution in [3.05, 3.63) is 96.9 Å². The third kappa shape index (κ3) is 3.53. The summed E-state index contributed by atoms with van der Waals surface area (Å²) in [6.07, 6.45) is 0.319. The van der Waals surface area contributed by atoms with Gasteiger partial charge >= 0.3 is 0 Å². The van der Waals surface area contributed by atoms with Gasteiger partial charge in [-0.05, 0) is 48.0 Å². The maximum Gasteiger partial charge on any atom is 0.215 e. The van der Waals surface area contributed by atoms with Crippen LogP contribution in [-0.2, 0) is 0 Å². The molecule has 146 valence electrons. The Kier molecular flexibility index (Phi) is 4.99. The number of hydrazone groups is 1. The first-order valence-corrected chi connectivity index (χ1v) is 10.9. The number of rotatable bonds is 2. The Morgan fingerprint density at radius 2 is 1.66 bits per heavy atom. The molecule has 0 spiro atoms. The van der Waals surface area contributed by atoms with Gasteiger partial charge in [-0.2, -0.15) is 5.10 Å². The molecule has 3 aromatic rings. The molecular weight excluding hydrogens is 495 g/mol. The Morgan fingerprint density at radius 3 is 2.41 bits per heavy atom. The van der Waals surface area contributed by atoms with Gasteiger partial charge in [0.15, 0.2) is 0 Å². The number of ether oxygens (including phenoxy) is 1. The van der Waals surface area contributed by atoms with Gasteiger partial charge in [0.1, 0.15) is 5.75 Å². The van der Waals surface area contributed by atoms with Crippen molar-refractivity contribution < 1.29 is 4.74 Å². The molecule has 2 aliphatic rings. The van der Waals surface area contributed by atoms with E-state index in [-0.39, 0.29) is 6.04 Å². The maximum absolute atomic E-state index is 6.51. The van der Waals surface area contributed by atoms with Crippen LogP contribution in [0.15, 0.2) is 70.2 Å². The third-order valence-electron chi connectivity index (χ3n) is 5.16. The zero-order valence-electron chi connectivity index (χ0n) is 14.9. The predicted molar refractivity (Wildman–Crippen MR) is 121 cm³/mol. The van der Waals surface area contributed by atoms with Gasteiger partial charge in [-0.15, -0.1) is 0 Å². The van der Waals surface area contributed by atoms with E-state index in [0.717, 1.165) is 39.0 Å². The molecule has 5 rings (SSSR count). The summed E-state index contributed by atoms with van der Waals surface area (Å²) in [7, 11) is 0. The molecule has 2 heterocycles. The quantitative estimate of drug-likeness (QED) is 0.355. The van der Waals surface area contributed by atoms with E-state index in [1.807, 2.05) is 53.5 Å². The summed E-state index contributed by atoms with van der Waals surface area (Å²) < 4.78 is 7.36. The van der Waals surface area contributed by atoms with Gasteiger partial charge in [0.2, 0.25) is 6.23 Å². The molecule has 0 saturated heterocycles. The highest BCUT2D eigenvalue weighted by Gasteiger charge is 2.41. The lowest BCUT2D eigenvalue weighted by atomic mass is 9.96. The van der Waals surface area contributed by atoms with Crippen LogP contribution >= 0.6 is 50.7 Å². The Hall–Kier alpha value is -1.72. The third-order valence-corrected chi connectivity index (χ3v) is 6.47. The van der Waals surface area contributed by atoms with Crippen molar-refractivity contribution in [2.75, 3.05) is 0 Å². The Morgan fingerprint density at radius 1 is 0.897 bits per heavy atom. The number of benzene rings is 3. The van der Waals surface area contributed by atoms with Crippen molar-refractivity contribution in [3.63, 3.8) is 0 Å². The van der Waals surface area contributed by atoms with Crippen LogP contribution in [0.1, 0.15) is 35.4 Å². The molecule has 29 heavy (non-hydrogen) atoms. The largest absolute Gasteiger partial charge is 0.464 e. The first-order valence-electron chi connectivity index (χ1n) is 9.02. The SMILES string of the molecule is Clc1ccc(C2=NN3C(C2)c2cc(Br)ccc2OC3c2ccc(Cl)cc2Cl)cc1. The Bertz CT molecular complexity index is 1130. The van der Waals surface area contributed by atoms with E-state index in [4.69, 9.17) is 44.6 Å². The van der Waals surface area contributed by atoms with Gasteiger partial charge in [0.25, 0.3) is 0 Å². The fraction of sp³-hybridized carbons (Fsp3) is 0.136. The van der Waals surface area contributed by atoms with Crippen molar-refractivity contribution in [1.29, 1.82) is 0 Å². The average molecular weight is 509 g/mol. The predicted octanol–water partition coefficient (Wildman–Crippen LogP) is 7.65. The monoisotopic (exact) mass is 506 g/mol. The standard InChI is InChI=1S/C22H14BrCl3N2O/c23-13-3-8-21-17(9-13)20-11-19(12-1-4-14(24)5-2-12)27-28(20)22(29-21)16-7-6-15(25)10-18(16)26/h1-10,20,22H,11H2. The fourth-order valence-corrected chi connectivity index (χ4v) is 4.79. The number of nitrogens with zero attached hydrogens (tertiary/aromatic N) is 2. The summed E-state index contributed by atoms with van der Waals surface area (Å²) in [5.41, 5.74) is 3.95. The summed E-state index contributed by atoms with van der Waals surface area (Å²) >= 11 is 22.2. The van der Waals surface area contributed by atoms with Crippen LogP contribution in [0.4, 0.5) is 0 Å². The van der Waals surface area contributed by atoms with E-state index in [1.165, 1.54) is 0 Å². The summed E-state index contributed by atoms with van der Waals surface area (Å²) in [5.74, 6) is 0.832. The Labute approximate surface area is 192 Å². The number of halogens is 4. The van der Waals surface area contributed by atoms with Crippen LogP contribution in [-0.4, -0.2) is 10.7 Å². The van der Waals surface area contributed by atoms with Crippen molar-refractivity contribution in [2.24, 2.45) is 5.10 Å². The molecule has 3 nitrogen and oxygen atoms in total. The van der Waals surface area contributed by atoms with E-state index in [2.05, 4.69) is 22.0 Å². The molecule has 0 N–H and O–H groups in total. The van der Waals surface area contributed by atoms with E-state index in [0.29, 0.717) is 15.1 Å². The first-order chi connectivity index (χ1) is 14.0. The fourth-order valence-electron chi connectivity index (χ4n) is 3.78. The zero-order valence-corrected chi connectivity index (χ0v) is 18.8. The average Bonchev–Trinajstić information content (AvgIpc) is 3.14. The second kappa shape index (κ2) is 7.51. The van der Waals surface area contributed by atoms with E-state index in [9.17, 15) is 0 Å². The number of fused-ring (bicyclic) bond motifs is 3. The normalized spacial score (nSPS) is 20.0. The maximum atomic E-state index is 6.51. The molecule has 2 unspecified atom stereocenters. The highest BCUT2D eigenvalue weighted by Crippen LogP contribution is 2.49. The van der Waals surface area contributed by atoms with E-state index < -0.39 is 6.23 Å².